The van der Waals surface area contributed by atoms with Gasteiger partial charge in [-0.25, -0.2) is 0 Å². The first-order valence-electron chi connectivity index (χ1n) is 10.1. The molecule has 9 heteroatoms. The topological polar surface area (TPSA) is 124 Å². The summed E-state index contributed by atoms with van der Waals surface area (Å²) in [6, 6.07) is 11.0. The zero-order valence-corrected chi connectivity index (χ0v) is 16.4. The van der Waals surface area contributed by atoms with Gasteiger partial charge in [-0.15, -0.1) is 0 Å². The number of H-pyrrole nitrogens is 1. The number of benzene rings is 1. The molecule has 3 N–H and O–H groups in total. The number of aromatic amines is 1. The average Bonchev–Trinajstić information content (AvgIpc) is 3.36. The van der Waals surface area contributed by atoms with Gasteiger partial charge in [-0.05, 0) is 18.9 Å². The number of fused-ring (bicyclic) bond motifs is 1. The van der Waals surface area contributed by atoms with Crippen LogP contribution in [0.15, 0.2) is 36.4 Å². The first-order chi connectivity index (χ1) is 14.5. The molecule has 1 saturated carbocycles. The molecule has 0 bridgehead atoms. The SMILES string of the molecule is O=C(CCN1C(=O)[C@@H]2CCCC[C@H]2C1=O)NNC(=O)c1cc(-c2ccccc2)n[nH]1. The lowest BCUT2D eigenvalue weighted by molar-refractivity contribution is -0.140. The smallest absolute Gasteiger partial charge is 0.282 e. The number of nitrogens with one attached hydrogen (secondary N) is 3. The number of nitrogens with zero attached hydrogens (tertiary/aromatic N) is 2. The Morgan fingerprint density at radius 2 is 1.70 bits per heavy atom. The van der Waals surface area contributed by atoms with E-state index in [2.05, 4.69) is 21.0 Å². The second-order valence-electron chi connectivity index (χ2n) is 7.61. The highest BCUT2D eigenvalue weighted by atomic mass is 16.2. The van der Waals surface area contributed by atoms with E-state index in [0.717, 1.165) is 31.2 Å². The molecule has 0 radical (unpaired) electrons. The van der Waals surface area contributed by atoms with Gasteiger partial charge in [0.25, 0.3) is 5.91 Å². The van der Waals surface area contributed by atoms with Crippen LogP contribution < -0.4 is 10.9 Å². The highest BCUT2D eigenvalue weighted by Crippen LogP contribution is 2.37. The van der Waals surface area contributed by atoms with E-state index in [-0.39, 0.29) is 42.3 Å². The van der Waals surface area contributed by atoms with Crippen LogP contribution in [0.2, 0.25) is 0 Å². The average molecular weight is 409 g/mol. The maximum absolute atomic E-state index is 12.4. The predicted octanol–water partition coefficient (Wildman–Crippen LogP) is 1.40. The van der Waals surface area contributed by atoms with E-state index in [9.17, 15) is 19.2 Å². The fraction of sp³-hybridized carbons (Fsp3) is 0.381. The van der Waals surface area contributed by atoms with Gasteiger partial charge in [0.1, 0.15) is 5.69 Å². The summed E-state index contributed by atoms with van der Waals surface area (Å²) in [4.78, 5) is 50.4. The Kier molecular flexibility index (Phi) is 5.60. The maximum atomic E-state index is 12.4. The molecule has 0 unspecified atom stereocenters. The van der Waals surface area contributed by atoms with Gasteiger partial charge < -0.3 is 0 Å². The van der Waals surface area contributed by atoms with E-state index in [0.29, 0.717) is 5.69 Å². The largest absolute Gasteiger partial charge is 0.287 e. The van der Waals surface area contributed by atoms with Crippen molar-refractivity contribution in [3.63, 3.8) is 0 Å². The molecule has 9 nitrogen and oxygen atoms in total. The Morgan fingerprint density at radius 3 is 2.37 bits per heavy atom. The first kappa shape index (κ1) is 19.8. The second kappa shape index (κ2) is 8.48. The lowest BCUT2D eigenvalue weighted by Crippen LogP contribution is -2.43. The number of rotatable bonds is 5. The predicted molar refractivity (Wildman–Crippen MR) is 106 cm³/mol. The van der Waals surface area contributed by atoms with E-state index >= 15 is 0 Å². The minimum atomic E-state index is -0.544. The number of hydrogen-bond donors (Lipinski definition) is 3. The Hall–Kier alpha value is -3.49. The van der Waals surface area contributed by atoms with Crippen molar-refractivity contribution in [3.8, 4) is 11.3 Å². The Balaban J connectivity index is 1.26. The lowest BCUT2D eigenvalue weighted by Gasteiger charge is -2.19. The van der Waals surface area contributed by atoms with E-state index in [4.69, 9.17) is 0 Å². The minimum absolute atomic E-state index is 0.0224. The van der Waals surface area contributed by atoms with Gasteiger partial charge in [0.15, 0.2) is 0 Å². The zero-order valence-electron chi connectivity index (χ0n) is 16.4. The van der Waals surface area contributed by atoms with Gasteiger partial charge in [-0.1, -0.05) is 43.2 Å². The van der Waals surface area contributed by atoms with Gasteiger partial charge in [0, 0.05) is 18.5 Å². The molecule has 4 amide bonds. The molecule has 1 aliphatic carbocycles. The van der Waals surface area contributed by atoms with Crippen molar-refractivity contribution in [3.05, 3.63) is 42.1 Å². The van der Waals surface area contributed by atoms with Gasteiger partial charge in [-0.3, -0.25) is 40.0 Å². The van der Waals surface area contributed by atoms with E-state index in [1.54, 1.807) is 6.07 Å². The van der Waals surface area contributed by atoms with Gasteiger partial charge in [0.2, 0.25) is 17.7 Å². The second-order valence-corrected chi connectivity index (χ2v) is 7.61. The number of likely N-dealkylation sites (tertiary alicyclic amines) is 1. The number of hydrogen-bond acceptors (Lipinski definition) is 5. The molecule has 2 heterocycles. The van der Waals surface area contributed by atoms with Crippen molar-refractivity contribution in [1.82, 2.24) is 25.9 Å². The summed E-state index contributed by atoms with van der Waals surface area (Å²) in [5, 5.41) is 6.73. The molecule has 1 saturated heterocycles. The van der Waals surface area contributed by atoms with Crippen LogP contribution in [0.1, 0.15) is 42.6 Å². The molecule has 4 rings (SSSR count). The third-order valence-electron chi connectivity index (χ3n) is 5.70. The van der Waals surface area contributed by atoms with Gasteiger partial charge >= 0.3 is 0 Å². The van der Waals surface area contributed by atoms with Crippen molar-refractivity contribution in [2.75, 3.05) is 6.54 Å². The Bertz CT molecular complexity index is 947. The molecule has 2 fully saturated rings. The Morgan fingerprint density at radius 1 is 1.03 bits per heavy atom. The van der Waals surface area contributed by atoms with Crippen molar-refractivity contribution in [2.24, 2.45) is 11.8 Å². The highest BCUT2D eigenvalue weighted by molar-refractivity contribution is 6.05. The van der Waals surface area contributed by atoms with Crippen LogP contribution in [-0.4, -0.2) is 45.3 Å². The van der Waals surface area contributed by atoms with Crippen molar-refractivity contribution in [1.29, 1.82) is 0 Å². The Labute approximate surface area is 173 Å². The molecule has 1 aromatic carbocycles. The van der Waals surface area contributed by atoms with Crippen LogP contribution in [0.5, 0.6) is 0 Å². The van der Waals surface area contributed by atoms with Crippen molar-refractivity contribution < 1.29 is 19.2 Å². The fourth-order valence-electron chi connectivity index (χ4n) is 4.12. The number of amides is 4. The standard InChI is InChI=1S/C21H23N5O4/c27-18(10-11-26-20(29)14-8-4-5-9-15(14)21(26)30)24-25-19(28)17-12-16(22-23-17)13-6-2-1-3-7-13/h1-3,6-7,12,14-15H,4-5,8-11H2,(H,22,23)(H,24,27)(H,25,28)/t14-,15-/m1/s1. The summed E-state index contributed by atoms with van der Waals surface area (Å²) in [5.41, 5.74) is 6.29. The zero-order chi connectivity index (χ0) is 21.1. The number of aromatic nitrogens is 2. The summed E-state index contributed by atoms with van der Waals surface area (Å²) in [6.07, 6.45) is 3.32. The van der Waals surface area contributed by atoms with Crippen molar-refractivity contribution in [2.45, 2.75) is 32.1 Å². The lowest BCUT2D eigenvalue weighted by atomic mass is 9.81. The first-order valence-corrected chi connectivity index (χ1v) is 10.1. The maximum Gasteiger partial charge on any atom is 0.287 e. The van der Waals surface area contributed by atoms with Crippen LogP contribution in [0, 0.1) is 11.8 Å². The van der Waals surface area contributed by atoms with E-state index < -0.39 is 11.8 Å². The van der Waals surface area contributed by atoms with Gasteiger partial charge in [-0.2, -0.15) is 5.10 Å². The monoisotopic (exact) mass is 409 g/mol. The molecule has 1 aromatic heterocycles. The third-order valence-corrected chi connectivity index (χ3v) is 5.70. The molecule has 30 heavy (non-hydrogen) atoms. The van der Waals surface area contributed by atoms with E-state index in [1.807, 2.05) is 30.3 Å². The summed E-state index contributed by atoms with van der Waals surface area (Å²) in [5.74, 6) is -1.83. The highest BCUT2D eigenvalue weighted by Gasteiger charge is 2.47. The van der Waals surface area contributed by atoms with Crippen LogP contribution in [0.25, 0.3) is 11.3 Å². The quantitative estimate of drug-likeness (QED) is 0.509. The van der Waals surface area contributed by atoms with E-state index in [1.165, 1.54) is 4.90 Å². The fourth-order valence-corrected chi connectivity index (χ4v) is 4.12. The summed E-state index contributed by atoms with van der Waals surface area (Å²) in [6.45, 7) is 0.0224. The van der Waals surface area contributed by atoms with Crippen LogP contribution in [0.3, 0.4) is 0 Å². The molecule has 2 atom stereocenters. The van der Waals surface area contributed by atoms with Crippen LogP contribution in [0.4, 0.5) is 0 Å². The van der Waals surface area contributed by atoms with Crippen molar-refractivity contribution >= 4 is 23.6 Å². The van der Waals surface area contributed by atoms with Crippen LogP contribution >= 0.6 is 0 Å². The third kappa shape index (κ3) is 3.96. The summed E-state index contributed by atoms with van der Waals surface area (Å²) in [7, 11) is 0. The molecule has 1 aliphatic heterocycles. The number of carbonyl (C=O) groups is 4. The number of carbonyl (C=O) groups excluding carboxylic acids is 4. The summed E-state index contributed by atoms with van der Waals surface area (Å²) >= 11 is 0. The molecule has 156 valence electrons. The minimum Gasteiger partial charge on any atom is -0.282 e. The number of hydrazine groups is 1. The van der Waals surface area contributed by atoms with Gasteiger partial charge in [0.05, 0.1) is 17.5 Å². The molecular weight excluding hydrogens is 386 g/mol. The normalized spacial score (nSPS) is 20.7. The number of imide groups is 1. The molecular formula is C21H23N5O4. The molecule has 0 spiro atoms. The van der Waals surface area contributed by atoms with Crippen LogP contribution in [-0.2, 0) is 14.4 Å². The molecule has 2 aromatic rings. The molecule has 2 aliphatic rings. The summed E-state index contributed by atoms with van der Waals surface area (Å²) < 4.78 is 0.